The fraction of sp³-hybridized carbons (Fsp3) is 0.429. The van der Waals surface area contributed by atoms with E-state index in [-0.39, 0.29) is 5.41 Å². The van der Waals surface area contributed by atoms with Crippen molar-refractivity contribution in [2.24, 2.45) is 0 Å². The fourth-order valence-electron chi connectivity index (χ4n) is 2.49. The molecule has 0 aliphatic carbocycles. The molecule has 1 N–H and O–H groups in total. The number of ether oxygens (including phenoxy) is 1. The zero-order valence-electron chi connectivity index (χ0n) is 10.1. The van der Waals surface area contributed by atoms with Gasteiger partial charge in [-0.1, -0.05) is 18.2 Å². The van der Waals surface area contributed by atoms with Crippen molar-refractivity contribution in [3.63, 3.8) is 0 Å². The third-order valence-electron chi connectivity index (χ3n) is 3.86. The normalized spacial score (nSPS) is 19.2. The van der Waals surface area contributed by atoms with Crippen LogP contribution in [0.1, 0.15) is 19.4 Å². The van der Waals surface area contributed by atoms with E-state index in [9.17, 15) is 5.11 Å². The minimum Gasteiger partial charge on any atom is -0.389 e. The highest BCUT2D eigenvalue weighted by Gasteiger charge is 2.52. The first-order valence-electron chi connectivity index (χ1n) is 5.81. The average molecular weight is 248 g/mol. The van der Waals surface area contributed by atoms with Crippen molar-refractivity contribution in [1.82, 2.24) is 0 Å². The van der Waals surface area contributed by atoms with Gasteiger partial charge in [0, 0.05) is 4.70 Å². The molecule has 1 fully saturated rings. The second-order valence-electron chi connectivity index (χ2n) is 5.28. The standard InChI is InChI=1S/C14H16O2S/c1-13(2,15)14(8-16-9-14)11-7-17-12-6-4-3-5-10(11)12/h3-7,15H,8-9H2,1-2H3. The van der Waals surface area contributed by atoms with Gasteiger partial charge in [0.25, 0.3) is 0 Å². The van der Waals surface area contributed by atoms with Gasteiger partial charge in [-0.15, -0.1) is 11.3 Å². The molecule has 3 rings (SSSR count). The maximum Gasteiger partial charge on any atom is 0.0733 e. The summed E-state index contributed by atoms with van der Waals surface area (Å²) in [4.78, 5) is 0. The second-order valence-corrected chi connectivity index (χ2v) is 6.19. The quantitative estimate of drug-likeness (QED) is 0.885. The monoisotopic (exact) mass is 248 g/mol. The van der Waals surface area contributed by atoms with Gasteiger partial charge in [0.1, 0.15) is 0 Å². The van der Waals surface area contributed by atoms with Gasteiger partial charge in [-0.2, -0.15) is 0 Å². The van der Waals surface area contributed by atoms with Crippen molar-refractivity contribution in [2.75, 3.05) is 13.2 Å². The molecule has 17 heavy (non-hydrogen) atoms. The van der Waals surface area contributed by atoms with Crippen LogP contribution in [0, 0.1) is 0 Å². The first-order chi connectivity index (χ1) is 8.05. The molecule has 0 amide bonds. The minimum absolute atomic E-state index is 0.243. The Hall–Kier alpha value is -0.900. The number of hydrogen-bond donors (Lipinski definition) is 1. The van der Waals surface area contributed by atoms with Crippen LogP contribution in [0.25, 0.3) is 10.1 Å². The lowest BCUT2D eigenvalue weighted by molar-refractivity contribution is -0.156. The van der Waals surface area contributed by atoms with Crippen LogP contribution in [-0.2, 0) is 10.2 Å². The zero-order chi connectivity index (χ0) is 12.1. The van der Waals surface area contributed by atoms with Crippen LogP contribution in [0.15, 0.2) is 29.6 Å². The Morgan fingerprint density at radius 2 is 2.00 bits per heavy atom. The maximum atomic E-state index is 10.4. The summed E-state index contributed by atoms with van der Waals surface area (Å²) in [7, 11) is 0. The molecule has 2 heterocycles. The molecule has 1 aromatic carbocycles. The van der Waals surface area contributed by atoms with Gasteiger partial charge in [0.05, 0.1) is 24.2 Å². The summed E-state index contributed by atoms with van der Waals surface area (Å²) in [5, 5.41) is 13.9. The van der Waals surface area contributed by atoms with Crippen LogP contribution in [0.2, 0.25) is 0 Å². The lowest BCUT2D eigenvalue weighted by Gasteiger charge is -2.49. The molecule has 0 saturated carbocycles. The van der Waals surface area contributed by atoms with Crippen LogP contribution in [-0.4, -0.2) is 23.9 Å². The summed E-state index contributed by atoms with van der Waals surface area (Å²) in [6, 6.07) is 8.36. The van der Waals surface area contributed by atoms with Gasteiger partial charge in [0.2, 0.25) is 0 Å². The SMILES string of the molecule is CC(C)(O)C1(c2csc3ccccc23)COC1. The molecular weight excluding hydrogens is 232 g/mol. The summed E-state index contributed by atoms with van der Waals surface area (Å²) >= 11 is 1.74. The van der Waals surface area contributed by atoms with Gasteiger partial charge in [-0.25, -0.2) is 0 Å². The van der Waals surface area contributed by atoms with E-state index in [1.165, 1.54) is 15.6 Å². The predicted octanol–water partition coefficient (Wildman–Crippen LogP) is 2.94. The lowest BCUT2D eigenvalue weighted by atomic mass is 9.67. The Kier molecular flexibility index (Phi) is 2.34. The van der Waals surface area contributed by atoms with Crippen molar-refractivity contribution in [2.45, 2.75) is 24.9 Å². The molecular formula is C14H16O2S. The summed E-state index contributed by atoms with van der Waals surface area (Å²) < 4.78 is 6.66. The predicted molar refractivity (Wildman–Crippen MR) is 70.6 cm³/mol. The van der Waals surface area contributed by atoms with Crippen molar-refractivity contribution in [3.8, 4) is 0 Å². The number of aliphatic hydroxyl groups is 1. The van der Waals surface area contributed by atoms with Crippen LogP contribution in [0.3, 0.4) is 0 Å². The number of thiophene rings is 1. The van der Waals surface area contributed by atoms with Crippen LogP contribution >= 0.6 is 11.3 Å². The molecule has 0 bridgehead atoms. The highest BCUT2D eigenvalue weighted by Crippen LogP contribution is 2.46. The Labute approximate surface area is 105 Å². The third-order valence-corrected chi connectivity index (χ3v) is 4.83. The minimum atomic E-state index is -0.755. The molecule has 90 valence electrons. The number of rotatable bonds is 2. The number of hydrogen-bond acceptors (Lipinski definition) is 3. The van der Waals surface area contributed by atoms with Gasteiger partial charge in [-0.05, 0) is 36.2 Å². The van der Waals surface area contributed by atoms with Crippen LogP contribution < -0.4 is 0 Å². The summed E-state index contributed by atoms with van der Waals surface area (Å²) in [5.74, 6) is 0. The second kappa shape index (κ2) is 3.55. The van der Waals surface area contributed by atoms with Crippen LogP contribution in [0.4, 0.5) is 0 Å². The van der Waals surface area contributed by atoms with Crippen molar-refractivity contribution in [1.29, 1.82) is 0 Å². The van der Waals surface area contributed by atoms with E-state index in [0.29, 0.717) is 13.2 Å². The van der Waals surface area contributed by atoms with Gasteiger partial charge >= 0.3 is 0 Å². The van der Waals surface area contributed by atoms with Gasteiger partial charge in [-0.3, -0.25) is 0 Å². The van der Waals surface area contributed by atoms with Crippen molar-refractivity contribution >= 4 is 21.4 Å². The number of benzene rings is 1. The van der Waals surface area contributed by atoms with E-state index in [2.05, 4.69) is 29.6 Å². The molecule has 0 atom stereocenters. The first-order valence-corrected chi connectivity index (χ1v) is 6.69. The Morgan fingerprint density at radius 3 is 2.59 bits per heavy atom. The van der Waals surface area contributed by atoms with E-state index in [0.717, 1.165) is 0 Å². The molecule has 2 aromatic rings. The molecule has 0 unspecified atom stereocenters. The average Bonchev–Trinajstić information content (AvgIpc) is 2.59. The molecule has 1 aliphatic rings. The fourth-order valence-corrected chi connectivity index (χ4v) is 3.55. The third kappa shape index (κ3) is 1.46. The summed E-state index contributed by atoms with van der Waals surface area (Å²) in [6.45, 7) is 4.97. The number of fused-ring (bicyclic) bond motifs is 1. The molecule has 1 aromatic heterocycles. The smallest absolute Gasteiger partial charge is 0.0733 e. The van der Waals surface area contributed by atoms with Gasteiger partial charge in [0.15, 0.2) is 0 Å². The van der Waals surface area contributed by atoms with E-state index in [4.69, 9.17) is 4.74 Å². The van der Waals surface area contributed by atoms with Gasteiger partial charge < -0.3 is 9.84 Å². The van der Waals surface area contributed by atoms with Crippen LogP contribution in [0.5, 0.6) is 0 Å². The largest absolute Gasteiger partial charge is 0.389 e. The molecule has 0 spiro atoms. The highest BCUT2D eigenvalue weighted by atomic mass is 32.1. The Balaban J connectivity index is 2.21. The highest BCUT2D eigenvalue weighted by molar-refractivity contribution is 7.17. The van der Waals surface area contributed by atoms with E-state index >= 15 is 0 Å². The Morgan fingerprint density at radius 1 is 1.29 bits per heavy atom. The van der Waals surface area contributed by atoms with Crippen molar-refractivity contribution in [3.05, 3.63) is 35.2 Å². The molecule has 3 heteroatoms. The maximum absolute atomic E-state index is 10.4. The molecule has 2 nitrogen and oxygen atoms in total. The molecule has 0 radical (unpaired) electrons. The molecule has 1 aliphatic heterocycles. The zero-order valence-corrected chi connectivity index (χ0v) is 10.9. The topological polar surface area (TPSA) is 29.5 Å². The first kappa shape index (κ1) is 11.2. The summed E-state index contributed by atoms with van der Waals surface area (Å²) in [6.07, 6.45) is 0. The van der Waals surface area contributed by atoms with Crippen molar-refractivity contribution < 1.29 is 9.84 Å². The summed E-state index contributed by atoms with van der Waals surface area (Å²) in [5.41, 5.74) is 0.235. The van der Waals surface area contributed by atoms with E-state index < -0.39 is 5.60 Å². The van der Waals surface area contributed by atoms with E-state index in [1.54, 1.807) is 11.3 Å². The van der Waals surface area contributed by atoms with E-state index in [1.807, 2.05) is 13.8 Å². The Bertz CT molecular complexity index is 547. The lowest BCUT2D eigenvalue weighted by Crippen LogP contribution is -2.60. The molecule has 1 saturated heterocycles.